The minimum atomic E-state index is -1.13. The summed E-state index contributed by atoms with van der Waals surface area (Å²) in [6.07, 6.45) is 6.41. The molecule has 5 nitrogen and oxygen atoms in total. The quantitative estimate of drug-likeness (QED) is 0.698. The monoisotopic (exact) mass is 376 g/mol. The van der Waals surface area contributed by atoms with E-state index >= 15 is 0 Å². The maximum absolute atomic E-state index is 10.8. The number of aromatic hydroxyl groups is 1. The van der Waals surface area contributed by atoms with E-state index in [-0.39, 0.29) is 11.3 Å². The SMILES string of the molecule is CN1CCCC1c1cccnc1.O=C(O)c1cccc(-c2ccccc2)c1O. The first-order chi connectivity index (χ1) is 13.6. The van der Waals surface area contributed by atoms with Gasteiger partial charge in [-0.1, -0.05) is 48.5 Å². The number of hydrogen-bond acceptors (Lipinski definition) is 4. The Hall–Kier alpha value is -3.18. The number of phenols is 1. The van der Waals surface area contributed by atoms with Crippen LogP contribution in [0.5, 0.6) is 5.75 Å². The fraction of sp³-hybridized carbons (Fsp3) is 0.217. The molecule has 2 N–H and O–H groups in total. The van der Waals surface area contributed by atoms with E-state index in [0.29, 0.717) is 11.6 Å². The van der Waals surface area contributed by atoms with Crippen LogP contribution < -0.4 is 0 Å². The number of carbonyl (C=O) groups is 1. The van der Waals surface area contributed by atoms with Crippen LogP contribution in [0.25, 0.3) is 11.1 Å². The summed E-state index contributed by atoms with van der Waals surface area (Å²) < 4.78 is 0. The van der Waals surface area contributed by atoms with Crippen molar-refractivity contribution in [2.45, 2.75) is 18.9 Å². The average Bonchev–Trinajstić information content (AvgIpc) is 3.16. The Labute approximate surface area is 164 Å². The second-order valence-electron chi connectivity index (χ2n) is 6.80. The van der Waals surface area contributed by atoms with E-state index in [1.807, 2.05) is 48.8 Å². The largest absolute Gasteiger partial charge is 0.506 e. The number of hydrogen-bond donors (Lipinski definition) is 2. The fourth-order valence-corrected chi connectivity index (χ4v) is 3.47. The van der Waals surface area contributed by atoms with Crippen LogP contribution in [0.1, 0.15) is 34.8 Å². The number of likely N-dealkylation sites (tertiary alicyclic amines) is 1. The van der Waals surface area contributed by atoms with E-state index in [9.17, 15) is 9.90 Å². The van der Waals surface area contributed by atoms with Crippen molar-refractivity contribution in [2.24, 2.45) is 0 Å². The molecule has 0 amide bonds. The standard InChI is InChI=1S/C13H10O3.C10H14N2/c14-12-10(9-5-2-1-3-6-9)7-4-8-11(12)13(15)16;1-12-7-3-5-10(12)9-4-2-6-11-8-9/h1-8,14H,(H,15,16);2,4,6,8,10H,3,5,7H2,1H3. The van der Waals surface area contributed by atoms with E-state index in [0.717, 1.165) is 5.56 Å². The minimum Gasteiger partial charge on any atom is -0.506 e. The Balaban J connectivity index is 0.000000167. The zero-order chi connectivity index (χ0) is 19.9. The van der Waals surface area contributed by atoms with Gasteiger partial charge in [-0.3, -0.25) is 9.88 Å². The molecule has 2 heterocycles. The number of aromatic nitrogens is 1. The number of para-hydroxylation sites is 1. The number of nitrogens with zero attached hydrogens (tertiary/aromatic N) is 2. The van der Waals surface area contributed by atoms with E-state index in [1.54, 1.807) is 12.1 Å². The molecule has 28 heavy (non-hydrogen) atoms. The van der Waals surface area contributed by atoms with Crippen molar-refractivity contribution in [3.63, 3.8) is 0 Å². The lowest BCUT2D eigenvalue weighted by Crippen LogP contribution is -2.17. The van der Waals surface area contributed by atoms with Gasteiger partial charge in [0, 0.05) is 24.0 Å². The van der Waals surface area contributed by atoms with Gasteiger partial charge in [0.15, 0.2) is 0 Å². The van der Waals surface area contributed by atoms with Crippen molar-refractivity contribution < 1.29 is 15.0 Å². The summed E-state index contributed by atoms with van der Waals surface area (Å²) in [5, 5.41) is 18.7. The van der Waals surface area contributed by atoms with Crippen molar-refractivity contribution in [1.82, 2.24) is 9.88 Å². The van der Waals surface area contributed by atoms with E-state index in [2.05, 4.69) is 23.0 Å². The molecule has 1 aromatic heterocycles. The molecule has 0 bridgehead atoms. The zero-order valence-electron chi connectivity index (χ0n) is 15.8. The summed E-state index contributed by atoms with van der Waals surface area (Å²) in [4.78, 5) is 17.4. The Kier molecular flexibility index (Phi) is 6.40. The van der Waals surface area contributed by atoms with Crippen LogP contribution in [0.15, 0.2) is 73.1 Å². The first-order valence-corrected chi connectivity index (χ1v) is 9.29. The summed E-state index contributed by atoms with van der Waals surface area (Å²) in [6, 6.07) is 18.7. The second-order valence-corrected chi connectivity index (χ2v) is 6.80. The Morgan fingerprint density at radius 3 is 2.46 bits per heavy atom. The van der Waals surface area contributed by atoms with Gasteiger partial charge in [0.25, 0.3) is 0 Å². The van der Waals surface area contributed by atoms with Gasteiger partial charge in [-0.2, -0.15) is 0 Å². The highest BCUT2D eigenvalue weighted by molar-refractivity contribution is 5.94. The molecular weight excluding hydrogens is 352 g/mol. The molecule has 1 saturated heterocycles. The summed E-state index contributed by atoms with van der Waals surface area (Å²) in [6.45, 7) is 1.22. The van der Waals surface area contributed by atoms with Crippen LogP contribution in [0.4, 0.5) is 0 Å². The normalized spacial score (nSPS) is 16.2. The van der Waals surface area contributed by atoms with Crippen LogP contribution in [0.3, 0.4) is 0 Å². The van der Waals surface area contributed by atoms with Crippen LogP contribution in [-0.2, 0) is 0 Å². The predicted octanol–water partition coefficient (Wildman–Crippen LogP) is 4.61. The topological polar surface area (TPSA) is 73.7 Å². The molecule has 1 fully saturated rings. The van der Waals surface area contributed by atoms with Crippen molar-refractivity contribution in [1.29, 1.82) is 0 Å². The fourth-order valence-electron chi connectivity index (χ4n) is 3.47. The third-order valence-electron chi connectivity index (χ3n) is 4.94. The van der Waals surface area contributed by atoms with Gasteiger partial charge in [0.2, 0.25) is 0 Å². The highest BCUT2D eigenvalue weighted by atomic mass is 16.4. The summed E-state index contributed by atoms with van der Waals surface area (Å²) in [5.41, 5.74) is 2.60. The highest BCUT2D eigenvalue weighted by Gasteiger charge is 2.22. The molecule has 1 aliphatic heterocycles. The van der Waals surface area contributed by atoms with Crippen LogP contribution in [0.2, 0.25) is 0 Å². The molecular formula is C23H24N2O3. The lowest BCUT2D eigenvalue weighted by Gasteiger charge is -2.18. The van der Waals surface area contributed by atoms with Gasteiger partial charge in [-0.25, -0.2) is 4.79 Å². The molecule has 4 rings (SSSR count). The molecule has 5 heteroatoms. The smallest absolute Gasteiger partial charge is 0.339 e. The maximum atomic E-state index is 10.8. The van der Waals surface area contributed by atoms with Crippen molar-refractivity contribution in [2.75, 3.05) is 13.6 Å². The minimum absolute atomic E-state index is 0.0821. The molecule has 3 aromatic rings. The van der Waals surface area contributed by atoms with Gasteiger partial charge in [-0.15, -0.1) is 0 Å². The number of carboxylic acids is 1. The number of aromatic carboxylic acids is 1. The summed E-state index contributed by atoms with van der Waals surface area (Å²) in [7, 11) is 2.19. The molecule has 144 valence electrons. The lowest BCUT2D eigenvalue weighted by atomic mass is 10.0. The molecule has 0 spiro atoms. The lowest BCUT2D eigenvalue weighted by molar-refractivity contribution is 0.0694. The van der Waals surface area contributed by atoms with Crippen molar-refractivity contribution >= 4 is 5.97 Å². The molecule has 2 aromatic carbocycles. The molecule has 1 atom stereocenters. The first-order valence-electron chi connectivity index (χ1n) is 9.29. The summed E-state index contributed by atoms with van der Waals surface area (Å²) in [5.74, 6) is -1.32. The number of carboxylic acid groups (broad SMARTS) is 1. The number of pyridine rings is 1. The van der Waals surface area contributed by atoms with Crippen LogP contribution >= 0.6 is 0 Å². The zero-order valence-corrected chi connectivity index (χ0v) is 15.8. The molecule has 0 radical (unpaired) electrons. The van der Waals surface area contributed by atoms with E-state index < -0.39 is 5.97 Å². The van der Waals surface area contributed by atoms with Crippen LogP contribution in [0, 0.1) is 0 Å². The third-order valence-corrected chi connectivity index (χ3v) is 4.94. The first kappa shape index (κ1) is 19.6. The molecule has 1 unspecified atom stereocenters. The summed E-state index contributed by atoms with van der Waals surface area (Å²) >= 11 is 0. The van der Waals surface area contributed by atoms with E-state index in [4.69, 9.17) is 5.11 Å². The molecule has 0 aliphatic carbocycles. The molecule has 1 aliphatic rings. The van der Waals surface area contributed by atoms with Gasteiger partial charge in [0.1, 0.15) is 11.3 Å². The van der Waals surface area contributed by atoms with Gasteiger partial charge in [0.05, 0.1) is 0 Å². The van der Waals surface area contributed by atoms with Crippen molar-refractivity contribution in [3.8, 4) is 16.9 Å². The molecule has 0 saturated carbocycles. The van der Waals surface area contributed by atoms with Gasteiger partial charge >= 0.3 is 5.97 Å². The average molecular weight is 376 g/mol. The van der Waals surface area contributed by atoms with Gasteiger partial charge < -0.3 is 10.2 Å². The maximum Gasteiger partial charge on any atom is 0.339 e. The Morgan fingerprint density at radius 2 is 1.86 bits per heavy atom. The predicted molar refractivity (Wildman–Crippen MR) is 109 cm³/mol. The van der Waals surface area contributed by atoms with Gasteiger partial charge in [-0.05, 0) is 49.7 Å². The Bertz CT molecular complexity index is 914. The third kappa shape index (κ3) is 4.56. The number of benzene rings is 2. The van der Waals surface area contributed by atoms with Crippen LogP contribution in [-0.4, -0.2) is 39.7 Å². The van der Waals surface area contributed by atoms with E-state index in [1.165, 1.54) is 31.0 Å². The Morgan fingerprint density at radius 1 is 1.07 bits per heavy atom. The highest BCUT2D eigenvalue weighted by Crippen LogP contribution is 2.32. The second kappa shape index (κ2) is 9.15. The number of rotatable bonds is 3. The van der Waals surface area contributed by atoms with Crippen molar-refractivity contribution in [3.05, 3.63) is 84.2 Å².